The second-order valence-electron chi connectivity index (χ2n) is 3.25. The van der Waals surface area contributed by atoms with Gasteiger partial charge in [0.1, 0.15) is 6.54 Å². The molecule has 0 saturated carbocycles. The maximum absolute atomic E-state index is 11.2. The molecule has 1 amide bonds. The van der Waals surface area contributed by atoms with Crippen LogP contribution in [0.25, 0.3) is 0 Å². The summed E-state index contributed by atoms with van der Waals surface area (Å²) < 4.78 is 0.957. The summed E-state index contributed by atoms with van der Waals surface area (Å²) in [6.45, 7) is 2.17. The predicted octanol–water partition coefficient (Wildman–Crippen LogP) is 1.81. The third-order valence-electron chi connectivity index (χ3n) is 2.00. The van der Waals surface area contributed by atoms with E-state index in [1.54, 1.807) is 0 Å². The molecule has 16 heavy (non-hydrogen) atoms. The zero-order chi connectivity index (χ0) is 12.0. The fraction of sp³-hybridized carbons (Fsp3) is 0.273. The minimum Gasteiger partial charge on any atom is -0.376 e. The summed E-state index contributed by atoms with van der Waals surface area (Å²) in [5.74, 6) is -0.194. The lowest BCUT2D eigenvalue weighted by molar-refractivity contribution is -0.119. The van der Waals surface area contributed by atoms with E-state index in [2.05, 4.69) is 26.6 Å². The van der Waals surface area contributed by atoms with Crippen molar-refractivity contribution >= 4 is 27.5 Å². The SMILES string of the molecule is Cc1ccc(Br)cc1NCC(=O)NCC#N. The van der Waals surface area contributed by atoms with Crippen molar-refractivity contribution < 1.29 is 4.79 Å². The van der Waals surface area contributed by atoms with Crippen molar-refractivity contribution in [3.05, 3.63) is 28.2 Å². The van der Waals surface area contributed by atoms with Crippen LogP contribution in [0.1, 0.15) is 5.56 Å². The van der Waals surface area contributed by atoms with Crippen molar-refractivity contribution in [3.8, 4) is 6.07 Å². The van der Waals surface area contributed by atoms with Crippen LogP contribution in [0.3, 0.4) is 0 Å². The molecule has 5 heteroatoms. The number of hydrogen-bond donors (Lipinski definition) is 2. The Hall–Kier alpha value is -1.54. The summed E-state index contributed by atoms with van der Waals surface area (Å²) >= 11 is 3.36. The van der Waals surface area contributed by atoms with Gasteiger partial charge < -0.3 is 10.6 Å². The number of rotatable bonds is 4. The smallest absolute Gasteiger partial charge is 0.240 e. The Morgan fingerprint density at radius 3 is 3.00 bits per heavy atom. The molecule has 0 radical (unpaired) electrons. The number of nitrogens with one attached hydrogen (secondary N) is 2. The average molecular weight is 282 g/mol. The van der Waals surface area contributed by atoms with Gasteiger partial charge in [0.25, 0.3) is 0 Å². The van der Waals surface area contributed by atoms with Crippen molar-refractivity contribution in [2.75, 3.05) is 18.4 Å². The molecular weight excluding hydrogens is 270 g/mol. The van der Waals surface area contributed by atoms with Gasteiger partial charge in [0.15, 0.2) is 0 Å². The van der Waals surface area contributed by atoms with Crippen molar-refractivity contribution in [3.63, 3.8) is 0 Å². The first-order valence-corrected chi connectivity index (χ1v) is 5.56. The molecule has 0 aromatic heterocycles. The molecule has 0 fully saturated rings. The first-order valence-electron chi connectivity index (χ1n) is 4.77. The monoisotopic (exact) mass is 281 g/mol. The largest absolute Gasteiger partial charge is 0.376 e. The number of amides is 1. The molecule has 1 aromatic rings. The van der Waals surface area contributed by atoms with Gasteiger partial charge in [0.2, 0.25) is 5.91 Å². The highest BCUT2D eigenvalue weighted by Gasteiger charge is 2.02. The lowest BCUT2D eigenvalue weighted by Gasteiger charge is -2.09. The molecular formula is C11H12BrN3O. The second kappa shape index (κ2) is 6.13. The van der Waals surface area contributed by atoms with Crippen LogP contribution in [-0.4, -0.2) is 19.0 Å². The molecule has 0 aliphatic heterocycles. The summed E-state index contributed by atoms with van der Waals surface area (Å²) in [4.78, 5) is 11.2. The molecule has 0 spiro atoms. The predicted molar refractivity (Wildman–Crippen MR) is 66.0 cm³/mol. The number of nitrogens with zero attached hydrogens (tertiary/aromatic N) is 1. The van der Waals surface area contributed by atoms with Gasteiger partial charge >= 0.3 is 0 Å². The molecule has 0 bridgehead atoms. The maximum atomic E-state index is 11.2. The van der Waals surface area contributed by atoms with E-state index >= 15 is 0 Å². The molecule has 0 aliphatic carbocycles. The molecule has 0 saturated heterocycles. The van der Waals surface area contributed by atoms with Crippen LogP contribution >= 0.6 is 15.9 Å². The molecule has 0 heterocycles. The fourth-order valence-electron chi connectivity index (χ4n) is 1.16. The van der Waals surface area contributed by atoms with Gasteiger partial charge in [-0.15, -0.1) is 0 Å². The zero-order valence-corrected chi connectivity index (χ0v) is 10.5. The molecule has 0 aliphatic rings. The lowest BCUT2D eigenvalue weighted by Crippen LogP contribution is -2.30. The Morgan fingerprint density at radius 2 is 2.31 bits per heavy atom. The Morgan fingerprint density at radius 1 is 1.56 bits per heavy atom. The minimum absolute atomic E-state index is 0.0397. The van der Waals surface area contributed by atoms with Crippen molar-refractivity contribution in [1.29, 1.82) is 5.26 Å². The summed E-state index contributed by atoms with van der Waals surface area (Å²) in [6, 6.07) is 7.66. The topological polar surface area (TPSA) is 64.9 Å². The van der Waals surface area contributed by atoms with E-state index in [9.17, 15) is 4.79 Å². The van der Waals surface area contributed by atoms with E-state index in [4.69, 9.17) is 5.26 Å². The van der Waals surface area contributed by atoms with Crippen molar-refractivity contribution in [1.82, 2.24) is 5.32 Å². The van der Waals surface area contributed by atoms with E-state index in [0.29, 0.717) is 0 Å². The molecule has 1 rings (SSSR count). The maximum Gasteiger partial charge on any atom is 0.240 e. The van der Waals surface area contributed by atoms with Crippen LogP contribution in [0.4, 0.5) is 5.69 Å². The number of carbonyl (C=O) groups is 1. The third kappa shape index (κ3) is 3.91. The van der Waals surface area contributed by atoms with Crippen LogP contribution in [0.5, 0.6) is 0 Å². The second-order valence-corrected chi connectivity index (χ2v) is 4.16. The van der Waals surface area contributed by atoms with Gasteiger partial charge in [0, 0.05) is 10.2 Å². The Labute approximate surface area is 103 Å². The molecule has 2 N–H and O–H groups in total. The van der Waals surface area contributed by atoms with E-state index in [0.717, 1.165) is 15.7 Å². The van der Waals surface area contributed by atoms with Crippen molar-refractivity contribution in [2.24, 2.45) is 0 Å². The van der Waals surface area contributed by atoms with Crippen LogP contribution < -0.4 is 10.6 Å². The summed E-state index contributed by atoms with van der Waals surface area (Å²) in [5, 5.41) is 13.8. The van der Waals surface area contributed by atoms with E-state index in [1.165, 1.54) is 0 Å². The summed E-state index contributed by atoms with van der Waals surface area (Å²) in [5.41, 5.74) is 1.97. The third-order valence-corrected chi connectivity index (χ3v) is 2.50. The Kier molecular flexibility index (Phi) is 4.80. The van der Waals surface area contributed by atoms with Crippen LogP contribution in [0.15, 0.2) is 22.7 Å². The van der Waals surface area contributed by atoms with E-state index in [1.807, 2.05) is 31.2 Å². The van der Waals surface area contributed by atoms with E-state index < -0.39 is 0 Å². The number of aryl methyl sites for hydroxylation is 1. The van der Waals surface area contributed by atoms with Crippen LogP contribution in [0.2, 0.25) is 0 Å². The van der Waals surface area contributed by atoms with Crippen LogP contribution in [0, 0.1) is 18.3 Å². The summed E-state index contributed by atoms with van der Waals surface area (Å²) in [7, 11) is 0. The minimum atomic E-state index is -0.194. The van der Waals surface area contributed by atoms with Gasteiger partial charge in [-0.2, -0.15) is 5.26 Å². The quantitative estimate of drug-likeness (QED) is 0.828. The summed E-state index contributed by atoms with van der Waals surface area (Å²) in [6.07, 6.45) is 0. The van der Waals surface area contributed by atoms with Crippen molar-refractivity contribution in [2.45, 2.75) is 6.92 Å². The van der Waals surface area contributed by atoms with Gasteiger partial charge in [-0.05, 0) is 24.6 Å². The number of nitriles is 1. The number of carbonyl (C=O) groups excluding carboxylic acids is 1. The Balaban J connectivity index is 2.51. The first-order chi connectivity index (χ1) is 7.63. The molecule has 0 atom stereocenters. The average Bonchev–Trinajstić information content (AvgIpc) is 2.27. The number of anilines is 1. The zero-order valence-electron chi connectivity index (χ0n) is 8.88. The molecule has 84 valence electrons. The van der Waals surface area contributed by atoms with Gasteiger partial charge in [-0.25, -0.2) is 0 Å². The molecule has 0 unspecified atom stereocenters. The number of hydrogen-bond acceptors (Lipinski definition) is 3. The van der Waals surface area contributed by atoms with E-state index in [-0.39, 0.29) is 19.0 Å². The number of halogens is 1. The van der Waals surface area contributed by atoms with Gasteiger partial charge in [-0.1, -0.05) is 22.0 Å². The number of benzene rings is 1. The standard InChI is InChI=1S/C11H12BrN3O/c1-8-2-3-9(12)6-10(8)15-7-11(16)14-5-4-13/h2-3,6,15H,5,7H2,1H3,(H,14,16). The molecule has 1 aromatic carbocycles. The highest BCUT2D eigenvalue weighted by atomic mass is 79.9. The van der Waals surface area contributed by atoms with Gasteiger partial charge in [0.05, 0.1) is 12.6 Å². The Bertz CT molecular complexity index is 426. The normalized spacial score (nSPS) is 9.31. The molecule has 4 nitrogen and oxygen atoms in total. The highest BCUT2D eigenvalue weighted by Crippen LogP contribution is 2.20. The highest BCUT2D eigenvalue weighted by molar-refractivity contribution is 9.10. The van der Waals surface area contributed by atoms with Gasteiger partial charge in [-0.3, -0.25) is 4.79 Å². The first kappa shape index (κ1) is 12.5. The fourth-order valence-corrected chi connectivity index (χ4v) is 1.52. The lowest BCUT2D eigenvalue weighted by atomic mass is 10.2. The van der Waals surface area contributed by atoms with Crippen LogP contribution in [-0.2, 0) is 4.79 Å².